The second-order valence-electron chi connectivity index (χ2n) is 3.63. The van der Waals surface area contributed by atoms with Crippen LogP contribution in [0.3, 0.4) is 0 Å². The van der Waals surface area contributed by atoms with E-state index >= 15 is 0 Å². The highest BCUT2D eigenvalue weighted by Gasteiger charge is 2.09. The van der Waals surface area contributed by atoms with Gasteiger partial charge in [0.2, 0.25) is 0 Å². The number of ether oxygens (including phenoxy) is 1. The number of aliphatic hydroxyl groups is 1. The van der Waals surface area contributed by atoms with E-state index in [1.54, 1.807) is 0 Å². The van der Waals surface area contributed by atoms with Gasteiger partial charge in [0.15, 0.2) is 0 Å². The van der Waals surface area contributed by atoms with Crippen molar-refractivity contribution in [3.05, 3.63) is 72.8 Å². The molecule has 1 atom stereocenters. The average molecular weight is 226 g/mol. The molecule has 2 rings (SSSR count). The Morgan fingerprint density at radius 2 is 1.65 bits per heavy atom. The predicted molar refractivity (Wildman–Crippen MR) is 68.1 cm³/mol. The molecule has 86 valence electrons. The molecule has 0 bridgehead atoms. The minimum atomic E-state index is -0.713. The summed E-state index contributed by atoms with van der Waals surface area (Å²) in [5.74, 6) is 1.39. The van der Waals surface area contributed by atoms with Crippen molar-refractivity contribution in [1.29, 1.82) is 0 Å². The molecule has 0 saturated heterocycles. The summed E-state index contributed by atoms with van der Waals surface area (Å²) in [5, 5.41) is 9.79. The van der Waals surface area contributed by atoms with Gasteiger partial charge in [-0.05, 0) is 18.2 Å². The molecule has 0 aliphatic heterocycles. The number of hydrogen-bond donors (Lipinski definition) is 1. The van der Waals surface area contributed by atoms with E-state index in [9.17, 15) is 5.11 Å². The standard InChI is InChI=1S/C15H14O2/c1-2-14(16)13-10-6-7-11-15(13)17-12-8-4-3-5-9-12/h2-11,14,16H,1H2. The van der Waals surface area contributed by atoms with Crippen molar-refractivity contribution in [2.45, 2.75) is 6.10 Å². The highest BCUT2D eigenvalue weighted by Crippen LogP contribution is 2.29. The van der Waals surface area contributed by atoms with E-state index in [-0.39, 0.29) is 0 Å². The van der Waals surface area contributed by atoms with Gasteiger partial charge in [-0.3, -0.25) is 0 Å². The number of hydrogen-bond acceptors (Lipinski definition) is 2. The fourth-order valence-electron chi connectivity index (χ4n) is 1.56. The maximum absolute atomic E-state index is 9.79. The van der Waals surface area contributed by atoms with E-state index in [0.29, 0.717) is 11.3 Å². The molecule has 0 amide bonds. The van der Waals surface area contributed by atoms with Gasteiger partial charge in [-0.15, -0.1) is 6.58 Å². The molecule has 0 heterocycles. The first-order chi connectivity index (χ1) is 8.31. The molecule has 2 aromatic carbocycles. The Morgan fingerprint density at radius 3 is 2.35 bits per heavy atom. The third-order valence-electron chi connectivity index (χ3n) is 2.43. The number of benzene rings is 2. The van der Waals surface area contributed by atoms with E-state index in [4.69, 9.17) is 4.74 Å². The van der Waals surface area contributed by atoms with Crippen molar-refractivity contribution in [3.8, 4) is 11.5 Å². The van der Waals surface area contributed by atoms with Crippen molar-refractivity contribution in [2.75, 3.05) is 0 Å². The van der Waals surface area contributed by atoms with E-state index in [2.05, 4.69) is 6.58 Å². The van der Waals surface area contributed by atoms with E-state index in [0.717, 1.165) is 5.75 Å². The molecule has 0 fully saturated rings. The maximum atomic E-state index is 9.79. The van der Waals surface area contributed by atoms with Crippen LogP contribution in [0.2, 0.25) is 0 Å². The molecule has 2 aromatic rings. The van der Waals surface area contributed by atoms with Gasteiger partial charge in [0.25, 0.3) is 0 Å². The van der Waals surface area contributed by atoms with Gasteiger partial charge in [0.05, 0.1) is 0 Å². The van der Waals surface area contributed by atoms with E-state index < -0.39 is 6.10 Å². The van der Waals surface area contributed by atoms with Gasteiger partial charge >= 0.3 is 0 Å². The summed E-state index contributed by atoms with van der Waals surface area (Å²) in [6, 6.07) is 16.9. The number of para-hydroxylation sites is 2. The normalized spacial score (nSPS) is 11.8. The molecule has 2 nitrogen and oxygen atoms in total. The van der Waals surface area contributed by atoms with Crippen LogP contribution in [0.25, 0.3) is 0 Å². The summed E-state index contributed by atoms with van der Waals surface area (Å²) < 4.78 is 5.72. The molecule has 1 N–H and O–H groups in total. The van der Waals surface area contributed by atoms with Crippen molar-refractivity contribution in [2.24, 2.45) is 0 Å². The quantitative estimate of drug-likeness (QED) is 0.805. The average Bonchev–Trinajstić information content (AvgIpc) is 2.40. The third-order valence-corrected chi connectivity index (χ3v) is 2.43. The molecule has 0 saturated carbocycles. The lowest BCUT2D eigenvalue weighted by Gasteiger charge is -2.13. The number of rotatable bonds is 4. The van der Waals surface area contributed by atoms with Crippen LogP contribution in [0.1, 0.15) is 11.7 Å². The largest absolute Gasteiger partial charge is 0.457 e. The Balaban J connectivity index is 2.30. The molecule has 0 radical (unpaired) electrons. The van der Waals surface area contributed by atoms with Crippen molar-refractivity contribution < 1.29 is 9.84 Å². The summed E-state index contributed by atoms with van der Waals surface area (Å²) in [7, 11) is 0. The minimum Gasteiger partial charge on any atom is -0.457 e. The van der Waals surface area contributed by atoms with Crippen molar-refractivity contribution >= 4 is 0 Å². The zero-order chi connectivity index (χ0) is 12.1. The van der Waals surface area contributed by atoms with Crippen LogP contribution in [-0.2, 0) is 0 Å². The van der Waals surface area contributed by atoms with Gasteiger partial charge in [0, 0.05) is 5.56 Å². The topological polar surface area (TPSA) is 29.5 Å². The van der Waals surface area contributed by atoms with E-state index in [1.807, 2.05) is 54.6 Å². The minimum absolute atomic E-state index is 0.645. The van der Waals surface area contributed by atoms with Crippen LogP contribution in [0.15, 0.2) is 67.3 Å². The predicted octanol–water partition coefficient (Wildman–Crippen LogP) is 3.70. The SMILES string of the molecule is C=CC(O)c1ccccc1Oc1ccccc1. The Hall–Kier alpha value is -2.06. The molecule has 2 heteroatoms. The smallest absolute Gasteiger partial charge is 0.133 e. The molecular weight excluding hydrogens is 212 g/mol. The second kappa shape index (κ2) is 5.32. The van der Waals surface area contributed by atoms with Crippen molar-refractivity contribution in [3.63, 3.8) is 0 Å². The summed E-state index contributed by atoms with van der Waals surface area (Å²) >= 11 is 0. The highest BCUT2D eigenvalue weighted by molar-refractivity contribution is 5.40. The fraction of sp³-hybridized carbons (Fsp3) is 0.0667. The van der Waals surface area contributed by atoms with E-state index in [1.165, 1.54) is 6.08 Å². The maximum Gasteiger partial charge on any atom is 0.133 e. The molecule has 0 aromatic heterocycles. The first-order valence-electron chi connectivity index (χ1n) is 5.43. The Morgan fingerprint density at radius 1 is 1.00 bits per heavy atom. The van der Waals surface area contributed by atoms with Crippen LogP contribution in [-0.4, -0.2) is 5.11 Å². The first-order valence-corrected chi connectivity index (χ1v) is 5.43. The monoisotopic (exact) mass is 226 g/mol. The van der Waals surface area contributed by atoms with Crippen LogP contribution >= 0.6 is 0 Å². The summed E-state index contributed by atoms with van der Waals surface area (Å²) in [4.78, 5) is 0. The molecule has 0 aliphatic carbocycles. The highest BCUT2D eigenvalue weighted by atomic mass is 16.5. The van der Waals surface area contributed by atoms with Gasteiger partial charge in [0.1, 0.15) is 17.6 Å². The zero-order valence-corrected chi connectivity index (χ0v) is 9.41. The molecule has 17 heavy (non-hydrogen) atoms. The van der Waals surface area contributed by atoms with Crippen LogP contribution in [0.4, 0.5) is 0 Å². The summed E-state index contributed by atoms with van der Waals surface area (Å²) in [6.07, 6.45) is 0.766. The summed E-state index contributed by atoms with van der Waals surface area (Å²) in [5.41, 5.74) is 0.714. The van der Waals surface area contributed by atoms with Gasteiger partial charge in [-0.1, -0.05) is 42.5 Å². The molecule has 0 spiro atoms. The van der Waals surface area contributed by atoms with Gasteiger partial charge in [-0.2, -0.15) is 0 Å². The lowest BCUT2D eigenvalue weighted by molar-refractivity contribution is 0.225. The van der Waals surface area contributed by atoms with Crippen LogP contribution in [0.5, 0.6) is 11.5 Å². The van der Waals surface area contributed by atoms with Crippen molar-refractivity contribution in [1.82, 2.24) is 0 Å². The number of aliphatic hydroxyl groups excluding tert-OH is 1. The first kappa shape index (κ1) is 11.4. The molecule has 0 aliphatic rings. The Kier molecular flexibility index (Phi) is 3.58. The fourth-order valence-corrected chi connectivity index (χ4v) is 1.56. The third kappa shape index (κ3) is 2.74. The lowest BCUT2D eigenvalue weighted by Crippen LogP contribution is -1.96. The second-order valence-corrected chi connectivity index (χ2v) is 3.63. The van der Waals surface area contributed by atoms with Crippen LogP contribution < -0.4 is 4.74 Å². The van der Waals surface area contributed by atoms with Crippen LogP contribution in [0, 0.1) is 0 Å². The zero-order valence-electron chi connectivity index (χ0n) is 9.41. The molecule has 1 unspecified atom stereocenters. The Bertz CT molecular complexity index is 491. The molecular formula is C15H14O2. The van der Waals surface area contributed by atoms with Gasteiger partial charge < -0.3 is 9.84 Å². The Labute approximate surface area is 101 Å². The lowest BCUT2D eigenvalue weighted by atomic mass is 10.1. The van der Waals surface area contributed by atoms with Gasteiger partial charge in [-0.25, -0.2) is 0 Å². The summed E-state index contributed by atoms with van der Waals surface area (Å²) in [6.45, 7) is 3.58.